The van der Waals surface area contributed by atoms with E-state index in [0.717, 1.165) is 33.1 Å². The molecule has 4 rings (SSSR count). The van der Waals surface area contributed by atoms with Crippen LogP contribution >= 0.6 is 23.1 Å². The highest BCUT2D eigenvalue weighted by Gasteiger charge is 2.18. The van der Waals surface area contributed by atoms with Gasteiger partial charge < -0.3 is 0 Å². The number of aryl methyl sites for hydroxylation is 1. The Morgan fingerprint density at radius 2 is 1.79 bits per heavy atom. The largest absolute Gasteiger partial charge is 0.274 e. The van der Waals surface area contributed by atoms with Gasteiger partial charge in [-0.3, -0.25) is 9.69 Å². The molecule has 0 spiro atoms. The minimum atomic E-state index is -0.0582. The number of aromatic nitrogens is 3. The zero-order valence-corrected chi connectivity index (χ0v) is 17.1. The molecule has 0 aliphatic carbocycles. The lowest BCUT2D eigenvalue weighted by atomic mass is 10.2. The van der Waals surface area contributed by atoms with Gasteiger partial charge in [-0.1, -0.05) is 48.2 Å². The van der Waals surface area contributed by atoms with E-state index < -0.39 is 0 Å². The number of para-hydroxylation sites is 2. The first kappa shape index (κ1) is 18.6. The van der Waals surface area contributed by atoms with E-state index in [1.54, 1.807) is 23.6 Å². The second kappa shape index (κ2) is 8.08. The number of carbonyl (C=O) groups excluding carboxylic acids is 1. The van der Waals surface area contributed by atoms with E-state index in [1.165, 1.54) is 11.3 Å². The number of thiazole rings is 1. The highest BCUT2D eigenvalue weighted by Crippen LogP contribution is 2.32. The standard InChI is InChI=1S/C21H18N4OS2/c1-14-22-19-11-7-6-10-18(19)20(23-14)27-12-16-13-28-21(24-16)25(15(2)26)17-8-4-3-5-9-17/h3-11,13H,12H2,1-2H3. The Morgan fingerprint density at radius 1 is 1.04 bits per heavy atom. The van der Waals surface area contributed by atoms with Crippen molar-refractivity contribution in [1.82, 2.24) is 15.0 Å². The third-order valence-electron chi connectivity index (χ3n) is 4.10. The molecule has 7 heteroatoms. The Hall–Kier alpha value is -2.77. The van der Waals surface area contributed by atoms with Gasteiger partial charge in [0, 0.05) is 23.4 Å². The number of nitrogens with zero attached hydrogens (tertiary/aromatic N) is 4. The van der Waals surface area contributed by atoms with Crippen molar-refractivity contribution in [3.05, 3.63) is 71.5 Å². The third kappa shape index (κ3) is 3.90. The van der Waals surface area contributed by atoms with Gasteiger partial charge in [-0.15, -0.1) is 11.3 Å². The molecule has 28 heavy (non-hydrogen) atoms. The zero-order valence-electron chi connectivity index (χ0n) is 15.5. The van der Waals surface area contributed by atoms with Crippen molar-refractivity contribution in [3.63, 3.8) is 0 Å². The van der Waals surface area contributed by atoms with Gasteiger partial charge in [0.2, 0.25) is 5.91 Å². The first-order valence-electron chi connectivity index (χ1n) is 8.78. The first-order valence-corrected chi connectivity index (χ1v) is 10.6. The van der Waals surface area contributed by atoms with Crippen LogP contribution < -0.4 is 4.90 Å². The predicted octanol–water partition coefficient (Wildman–Crippen LogP) is 5.37. The van der Waals surface area contributed by atoms with Gasteiger partial charge in [-0.25, -0.2) is 15.0 Å². The molecule has 0 fully saturated rings. The summed E-state index contributed by atoms with van der Waals surface area (Å²) in [7, 11) is 0. The van der Waals surface area contributed by atoms with Crippen molar-refractivity contribution in [1.29, 1.82) is 0 Å². The highest BCUT2D eigenvalue weighted by molar-refractivity contribution is 7.98. The molecule has 0 aliphatic heterocycles. The van der Waals surface area contributed by atoms with Crippen molar-refractivity contribution >= 4 is 50.7 Å². The number of rotatable bonds is 5. The summed E-state index contributed by atoms with van der Waals surface area (Å²) < 4.78 is 0. The normalized spacial score (nSPS) is 10.9. The maximum Gasteiger partial charge on any atom is 0.230 e. The van der Waals surface area contributed by atoms with Crippen molar-refractivity contribution < 1.29 is 4.79 Å². The number of anilines is 2. The average Bonchev–Trinajstić information content (AvgIpc) is 3.15. The summed E-state index contributed by atoms with van der Waals surface area (Å²) in [5.74, 6) is 1.38. The van der Waals surface area contributed by atoms with Gasteiger partial charge in [0.25, 0.3) is 0 Å². The molecule has 1 amide bonds. The molecule has 0 bridgehead atoms. The summed E-state index contributed by atoms with van der Waals surface area (Å²) in [6.07, 6.45) is 0. The van der Waals surface area contributed by atoms with Gasteiger partial charge in [0.05, 0.1) is 16.9 Å². The van der Waals surface area contributed by atoms with Crippen LogP contribution in [0.2, 0.25) is 0 Å². The van der Waals surface area contributed by atoms with E-state index in [2.05, 4.69) is 15.0 Å². The Morgan fingerprint density at radius 3 is 2.57 bits per heavy atom. The molecule has 0 saturated heterocycles. The molecule has 0 N–H and O–H groups in total. The van der Waals surface area contributed by atoms with Crippen molar-refractivity contribution in [2.75, 3.05) is 4.90 Å². The van der Waals surface area contributed by atoms with E-state index >= 15 is 0 Å². The fourth-order valence-electron chi connectivity index (χ4n) is 2.88. The quantitative estimate of drug-likeness (QED) is 0.329. The Balaban J connectivity index is 1.57. The molecule has 140 valence electrons. The van der Waals surface area contributed by atoms with Crippen molar-refractivity contribution in [3.8, 4) is 0 Å². The topological polar surface area (TPSA) is 59.0 Å². The van der Waals surface area contributed by atoms with Gasteiger partial charge in [-0.05, 0) is 25.1 Å². The molecule has 4 aromatic rings. The van der Waals surface area contributed by atoms with Crippen LogP contribution in [-0.4, -0.2) is 20.9 Å². The maximum absolute atomic E-state index is 12.2. The first-order chi connectivity index (χ1) is 13.6. The van der Waals surface area contributed by atoms with E-state index in [4.69, 9.17) is 0 Å². The van der Waals surface area contributed by atoms with Crippen LogP contribution in [0.1, 0.15) is 18.4 Å². The van der Waals surface area contributed by atoms with Crippen molar-refractivity contribution in [2.24, 2.45) is 0 Å². The fraction of sp³-hybridized carbons (Fsp3) is 0.143. The summed E-state index contributed by atoms with van der Waals surface area (Å²) in [6, 6.07) is 17.6. The number of fused-ring (bicyclic) bond motifs is 1. The van der Waals surface area contributed by atoms with E-state index in [-0.39, 0.29) is 5.91 Å². The van der Waals surface area contributed by atoms with Crippen LogP contribution in [0, 0.1) is 6.92 Å². The minimum absolute atomic E-state index is 0.0582. The molecule has 2 aromatic heterocycles. The number of benzene rings is 2. The number of hydrogen-bond acceptors (Lipinski definition) is 6. The summed E-state index contributed by atoms with van der Waals surface area (Å²) in [4.78, 5) is 27.6. The van der Waals surface area contributed by atoms with Crippen LogP contribution in [-0.2, 0) is 10.5 Å². The second-order valence-electron chi connectivity index (χ2n) is 6.19. The lowest BCUT2D eigenvalue weighted by molar-refractivity contribution is -0.115. The molecule has 5 nitrogen and oxygen atoms in total. The van der Waals surface area contributed by atoms with Gasteiger partial charge in [-0.2, -0.15) is 0 Å². The molecule has 0 saturated carbocycles. The molecule has 2 heterocycles. The van der Waals surface area contributed by atoms with E-state index in [1.807, 2.05) is 66.9 Å². The van der Waals surface area contributed by atoms with Crippen LogP contribution in [0.4, 0.5) is 10.8 Å². The molecular formula is C21H18N4OS2. The van der Waals surface area contributed by atoms with Gasteiger partial charge in [0.1, 0.15) is 10.9 Å². The highest BCUT2D eigenvalue weighted by atomic mass is 32.2. The van der Waals surface area contributed by atoms with Gasteiger partial charge >= 0.3 is 0 Å². The number of carbonyl (C=O) groups is 1. The minimum Gasteiger partial charge on any atom is -0.274 e. The zero-order chi connectivity index (χ0) is 19.5. The van der Waals surface area contributed by atoms with Crippen molar-refractivity contribution in [2.45, 2.75) is 24.6 Å². The summed E-state index contributed by atoms with van der Waals surface area (Å²) >= 11 is 3.11. The Kier molecular flexibility index (Phi) is 5.36. The van der Waals surface area contributed by atoms with Crippen LogP contribution in [0.5, 0.6) is 0 Å². The Bertz CT molecular complexity index is 1130. The summed E-state index contributed by atoms with van der Waals surface area (Å²) in [6.45, 7) is 3.46. The fourth-order valence-corrected chi connectivity index (χ4v) is 4.83. The van der Waals surface area contributed by atoms with Gasteiger partial charge in [0.15, 0.2) is 5.13 Å². The molecule has 2 aromatic carbocycles. The van der Waals surface area contributed by atoms with E-state index in [9.17, 15) is 4.79 Å². The van der Waals surface area contributed by atoms with Crippen LogP contribution in [0.15, 0.2) is 65.0 Å². The number of amides is 1. The average molecular weight is 407 g/mol. The number of thioether (sulfide) groups is 1. The molecular weight excluding hydrogens is 388 g/mol. The summed E-state index contributed by atoms with van der Waals surface area (Å²) in [5, 5.41) is 4.67. The lowest BCUT2D eigenvalue weighted by Gasteiger charge is -2.17. The SMILES string of the molecule is CC(=O)N(c1ccccc1)c1nc(CSc2nc(C)nc3ccccc23)cs1. The smallest absolute Gasteiger partial charge is 0.230 e. The molecule has 0 aliphatic rings. The number of hydrogen-bond donors (Lipinski definition) is 0. The lowest BCUT2D eigenvalue weighted by Crippen LogP contribution is -2.22. The Labute approximate surface area is 171 Å². The van der Waals surface area contributed by atoms with Crippen LogP contribution in [0.25, 0.3) is 10.9 Å². The molecule has 0 unspecified atom stereocenters. The monoisotopic (exact) mass is 406 g/mol. The molecule has 0 radical (unpaired) electrons. The van der Waals surface area contributed by atoms with E-state index in [0.29, 0.717) is 10.9 Å². The van der Waals surface area contributed by atoms with Crippen LogP contribution in [0.3, 0.4) is 0 Å². The summed E-state index contributed by atoms with van der Waals surface area (Å²) in [5.41, 5.74) is 2.69. The second-order valence-corrected chi connectivity index (χ2v) is 7.99. The molecule has 0 atom stereocenters. The predicted molar refractivity (Wildman–Crippen MR) is 115 cm³/mol. The maximum atomic E-state index is 12.2. The third-order valence-corrected chi connectivity index (χ3v) is 6.00.